The van der Waals surface area contributed by atoms with Crippen molar-refractivity contribution >= 4 is 16.3 Å². The second-order valence-corrected chi connectivity index (χ2v) is 4.88. The minimum atomic E-state index is -0.0178. The molecule has 1 atom stereocenters. The Balaban J connectivity index is 1.84. The number of hydrazine groups is 1. The summed E-state index contributed by atoms with van der Waals surface area (Å²) in [7, 11) is 0. The molecule has 0 aliphatic carbocycles. The van der Waals surface area contributed by atoms with Crippen molar-refractivity contribution in [2.75, 3.05) is 0 Å². The molecule has 0 fully saturated rings. The zero-order valence-electron chi connectivity index (χ0n) is 9.65. The SMILES string of the molecule is NNC(Cc1cn2ccsc2n1)c1ccccn1. The van der Waals surface area contributed by atoms with Gasteiger partial charge in [0.25, 0.3) is 0 Å². The number of nitrogens with two attached hydrogens (primary N) is 1. The van der Waals surface area contributed by atoms with Crippen molar-refractivity contribution in [1.29, 1.82) is 0 Å². The van der Waals surface area contributed by atoms with Gasteiger partial charge in [0, 0.05) is 30.4 Å². The highest BCUT2D eigenvalue weighted by molar-refractivity contribution is 7.15. The van der Waals surface area contributed by atoms with Crippen molar-refractivity contribution in [3.63, 3.8) is 0 Å². The maximum atomic E-state index is 5.60. The molecular formula is C12H13N5S. The Hall–Kier alpha value is -1.76. The van der Waals surface area contributed by atoms with Crippen LogP contribution in [-0.2, 0) is 6.42 Å². The van der Waals surface area contributed by atoms with Crippen LogP contribution in [0.25, 0.3) is 4.96 Å². The second kappa shape index (κ2) is 4.85. The fraction of sp³-hybridized carbons (Fsp3) is 0.167. The first kappa shape index (κ1) is 11.3. The number of imidazole rings is 1. The molecule has 0 bridgehead atoms. The van der Waals surface area contributed by atoms with E-state index in [1.807, 2.05) is 40.4 Å². The minimum Gasteiger partial charge on any atom is -0.297 e. The number of hydrogen-bond donors (Lipinski definition) is 2. The van der Waals surface area contributed by atoms with Gasteiger partial charge in [-0.1, -0.05) is 6.07 Å². The second-order valence-electron chi connectivity index (χ2n) is 4.00. The van der Waals surface area contributed by atoms with E-state index in [0.29, 0.717) is 0 Å². The maximum Gasteiger partial charge on any atom is 0.193 e. The highest BCUT2D eigenvalue weighted by atomic mass is 32.1. The smallest absolute Gasteiger partial charge is 0.193 e. The molecule has 3 heterocycles. The van der Waals surface area contributed by atoms with Crippen molar-refractivity contribution in [3.8, 4) is 0 Å². The van der Waals surface area contributed by atoms with Gasteiger partial charge < -0.3 is 0 Å². The van der Waals surface area contributed by atoms with Crippen molar-refractivity contribution in [1.82, 2.24) is 19.8 Å². The zero-order valence-corrected chi connectivity index (χ0v) is 10.5. The lowest BCUT2D eigenvalue weighted by molar-refractivity contribution is 0.534. The summed E-state index contributed by atoms with van der Waals surface area (Å²) in [5.41, 5.74) is 4.73. The highest BCUT2D eigenvalue weighted by Crippen LogP contribution is 2.17. The Labute approximate surface area is 108 Å². The van der Waals surface area contributed by atoms with Gasteiger partial charge in [0.15, 0.2) is 4.96 Å². The molecule has 92 valence electrons. The van der Waals surface area contributed by atoms with Gasteiger partial charge in [-0.15, -0.1) is 11.3 Å². The van der Waals surface area contributed by atoms with Crippen LogP contribution in [0.15, 0.2) is 42.2 Å². The molecule has 0 saturated carbocycles. The Kier molecular flexibility index (Phi) is 3.06. The van der Waals surface area contributed by atoms with E-state index < -0.39 is 0 Å². The van der Waals surface area contributed by atoms with Gasteiger partial charge in [0.2, 0.25) is 0 Å². The lowest BCUT2D eigenvalue weighted by atomic mass is 10.1. The third-order valence-electron chi connectivity index (χ3n) is 2.80. The lowest BCUT2D eigenvalue weighted by Crippen LogP contribution is -2.30. The number of hydrogen-bond acceptors (Lipinski definition) is 5. The number of aromatic nitrogens is 3. The number of nitrogens with one attached hydrogen (secondary N) is 1. The van der Waals surface area contributed by atoms with Crippen LogP contribution in [-0.4, -0.2) is 14.4 Å². The molecule has 3 aromatic rings. The van der Waals surface area contributed by atoms with Gasteiger partial charge in [-0.05, 0) is 12.1 Å². The fourth-order valence-corrected chi connectivity index (χ4v) is 2.63. The van der Waals surface area contributed by atoms with Crippen LogP contribution in [0.2, 0.25) is 0 Å². The summed E-state index contributed by atoms with van der Waals surface area (Å²) in [6, 6.07) is 5.79. The Morgan fingerprint density at radius 3 is 3.11 bits per heavy atom. The van der Waals surface area contributed by atoms with Crippen LogP contribution >= 0.6 is 11.3 Å². The van der Waals surface area contributed by atoms with Crippen LogP contribution in [0.5, 0.6) is 0 Å². The number of rotatable bonds is 4. The van der Waals surface area contributed by atoms with Gasteiger partial charge in [-0.2, -0.15) is 0 Å². The molecule has 3 aromatic heterocycles. The predicted molar refractivity (Wildman–Crippen MR) is 71.1 cm³/mol. The summed E-state index contributed by atoms with van der Waals surface area (Å²) >= 11 is 1.62. The van der Waals surface area contributed by atoms with Crippen LogP contribution < -0.4 is 11.3 Å². The van der Waals surface area contributed by atoms with E-state index in [1.165, 1.54) is 0 Å². The standard InChI is InChI=1S/C12H13N5S/c13-16-11(10-3-1-2-4-14-10)7-9-8-17-5-6-18-12(17)15-9/h1-6,8,11,16H,7,13H2. The van der Waals surface area contributed by atoms with Gasteiger partial charge in [-0.3, -0.25) is 20.7 Å². The lowest BCUT2D eigenvalue weighted by Gasteiger charge is -2.13. The molecule has 0 saturated heterocycles. The molecule has 1 unspecified atom stereocenters. The van der Waals surface area contributed by atoms with Gasteiger partial charge >= 0.3 is 0 Å². The van der Waals surface area contributed by atoms with Crippen molar-refractivity contribution in [2.24, 2.45) is 5.84 Å². The molecule has 0 radical (unpaired) electrons. The van der Waals surface area contributed by atoms with Gasteiger partial charge in [-0.25, -0.2) is 4.98 Å². The molecule has 0 spiro atoms. The third kappa shape index (κ3) is 2.13. The third-order valence-corrected chi connectivity index (χ3v) is 3.57. The molecule has 6 heteroatoms. The Morgan fingerprint density at radius 1 is 1.44 bits per heavy atom. The van der Waals surface area contributed by atoms with Gasteiger partial charge in [0.1, 0.15) is 0 Å². The molecule has 18 heavy (non-hydrogen) atoms. The van der Waals surface area contributed by atoms with E-state index in [-0.39, 0.29) is 6.04 Å². The maximum absolute atomic E-state index is 5.60. The summed E-state index contributed by atoms with van der Waals surface area (Å²) in [4.78, 5) is 9.86. The highest BCUT2D eigenvalue weighted by Gasteiger charge is 2.13. The van der Waals surface area contributed by atoms with E-state index in [1.54, 1.807) is 17.5 Å². The quantitative estimate of drug-likeness (QED) is 0.551. The number of thiazole rings is 1. The molecule has 0 aromatic carbocycles. The molecular weight excluding hydrogens is 246 g/mol. The summed E-state index contributed by atoms with van der Waals surface area (Å²) in [5, 5.41) is 2.02. The van der Waals surface area contributed by atoms with Crippen molar-refractivity contribution < 1.29 is 0 Å². The summed E-state index contributed by atoms with van der Waals surface area (Å²) in [6.07, 6.45) is 6.52. The zero-order chi connectivity index (χ0) is 12.4. The van der Waals surface area contributed by atoms with E-state index in [0.717, 1.165) is 22.8 Å². The molecule has 5 nitrogen and oxygen atoms in total. The average Bonchev–Trinajstić information content (AvgIpc) is 2.97. The molecule has 3 N–H and O–H groups in total. The van der Waals surface area contributed by atoms with Crippen LogP contribution in [0.3, 0.4) is 0 Å². The Morgan fingerprint density at radius 2 is 2.39 bits per heavy atom. The topological polar surface area (TPSA) is 68.2 Å². The van der Waals surface area contributed by atoms with Crippen LogP contribution in [0, 0.1) is 0 Å². The molecule has 3 rings (SSSR count). The molecule has 0 aliphatic rings. The Bertz CT molecular complexity index is 602. The number of fused-ring (bicyclic) bond motifs is 1. The first-order chi connectivity index (χ1) is 8.86. The fourth-order valence-electron chi connectivity index (χ4n) is 1.91. The minimum absolute atomic E-state index is 0.0178. The van der Waals surface area contributed by atoms with Crippen LogP contribution in [0.1, 0.15) is 17.4 Å². The molecule has 0 amide bonds. The first-order valence-electron chi connectivity index (χ1n) is 5.65. The summed E-state index contributed by atoms with van der Waals surface area (Å²) in [6.45, 7) is 0. The van der Waals surface area contributed by atoms with E-state index in [9.17, 15) is 0 Å². The first-order valence-corrected chi connectivity index (χ1v) is 6.53. The summed E-state index contributed by atoms with van der Waals surface area (Å²) < 4.78 is 2.02. The molecule has 0 aliphatic heterocycles. The van der Waals surface area contributed by atoms with Crippen LogP contribution in [0.4, 0.5) is 0 Å². The van der Waals surface area contributed by atoms with Crippen molar-refractivity contribution in [3.05, 3.63) is 53.6 Å². The van der Waals surface area contributed by atoms with Crippen molar-refractivity contribution in [2.45, 2.75) is 12.5 Å². The number of nitrogens with zero attached hydrogens (tertiary/aromatic N) is 3. The average molecular weight is 259 g/mol. The summed E-state index contributed by atoms with van der Waals surface area (Å²) in [5.74, 6) is 5.60. The monoisotopic (exact) mass is 259 g/mol. The number of pyridine rings is 1. The van der Waals surface area contributed by atoms with E-state index >= 15 is 0 Å². The van der Waals surface area contributed by atoms with Gasteiger partial charge in [0.05, 0.1) is 17.4 Å². The van der Waals surface area contributed by atoms with E-state index in [2.05, 4.69) is 15.4 Å². The largest absolute Gasteiger partial charge is 0.297 e. The normalized spacial score (nSPS) is 12.9. The van der Waals surface area contributed by atoms with E-state index in [4.69, 9.17) is 5.84 Å². The predicted octanol–water partition coefficient (Wildman–Crippen LogP) is 1.54.